The predicted octanol–water partition coefficient (Wildman–Crippen LogP) is 0.677. The summed E-state index contributed by atoms with van der Waals surface area (Å²) in [5.74, 6) is 0. The Labute approximate surface area is 103 Å². The summed E-state index contributed by atoms with van der Waals surface area (Å²) in [6.45, 7) is 6.48. The number of unbranched alkanes of at least 4 members (excludes halogenated alkanes) is 1. The van der Waals surface area contributed by atoms with Gasteiger partial charge in [-0.25, -0.2) is 4.79 Å². The minimum absolute atomic E-state index is 0.313. The van der Waals surface area contributed by atoms with Gasteiger partial charge in [-0.2, -0.15) is 0 Å². The van der Waals surface area contributed by atoms with Crippen LogP contribution in [-0.4, -0.2) is 57.3 Å². The fourth-order valence-electron chi connectivity index (χ4n) is 1.12. The molecule has 0 aromatic rings. The molecule has 0 saturated heterocycles. The fraction of sp³-hybridized carbons (Fsp3) is 0.909. The molecule has 0 radical (unpaired) electrons. The maximum absolute atomic E-state index is 10.1. The number of ether oxygens (including phenoxy) is 2. The van der Waals surface area contributed by atoms with Gasteiger partial charge in [-0.15, -0.1) is 0 Å². The van der Waals surface area contributed by atoms with E-state index in [2.05, 4.69) is 17.6 Å². The summed E-state index contributed by atoms with van der Waals surface area (Å²) in [6, 6.07) is 0. The van der Waals surface area contributed by atoms with Gasteiger partial charge in [0.05, 0.1) is 26.4 Å². The second-order valence-corrected chi connectivity index (χ2v) is 3.56. The molecule has 102 valence electrons. The van der Waals surface area contributed by atoms with Crippen molar-refractivity contribution in [1.29, 1.82) is 0 Å². The number of carboxylic acid groups (broad SMARTS) is 1. The van der Waals surface area contributed by atoms with Crippen LogP contribution in [0, 0.1) is 0 Å². The van der Waals surface area contributed by atoms with Gasteiger partial charge in [0.1, 0.15) is 0 Å². The zero-order chi connectivity index (χ0) is 12.8. The summed E-state index contributed by atoms with van der Waals surface area (Å²) < 4.78 is 10.5. The van der Waals surface area contributed by atoms with Crippen molar-refractivity contribution in [3.05, 3.63) is 0 Å². The topological polar surface area (TPSA) is 79.8 Å². The molecule has 0 aliphatic heterocycles. The molecule has 0 aromatic carbocycles. The third kappa shape index (κ3) is 15.1. The first-order chi connectivity index (χ1) is 8.27. The lowest BCUT2D eigenvalue weighted by Crippen LogP contribution is -2.26. The van der Waals surface area contributed by atoms with Crippen molar-refractivity contribution < 1.29 is 19.4 Å². The Kier molecular flexibility index (Phi) is 12.6. The van der Waals surface area contributed by atoms with Gasteiger partial charge in [-0.05, 0) is 13.0 Å². The molecule has 0 heterocycles. The zero-order valence-electron chi connectivity index (χ0n) is 10.5. The summed E-state index contributed by atoms with van der Waals surface area (Å²) in [7, 11) is 0. The van der Waals surface area contributed by atoms with Crippen molar-refractivity contribution in [3.63, 3.8) is 0 Å². The number of hydrogen-bond acceptors (Lipinski definition) is 4. The molecule has 17 heavy (non-hydrogen) atoms. The van der Waals surface area contributed by atoms with Crippen molar-refractivity contribution in [2.24, 2.45) is 0 Å². The monoisotopic (exact) mass is 248 g/mol. The van der Waals surface area contributed by atoms with E-state index in [0.717, 1.165) is 13.1 Å². The maximum Gasteiger partial charge on any atom is 0.404 e. The standard InChI is InChI=1S/C11H24N2O4/c1-2-3-4-12-5-7-16-9-10-17-8-6-13-11(14)15/h12-13H,2-10H2,1H3,(H,14,15). The van der Waals surface area contributed by atoms with Gasteiger partial charge >= 0.3 is 6.09 Å². The lowest BCUT2D eigenvalue weighted by Gasteiger charge is -2.06. The zero-order valence-corrected chi connectivity index (χ0v) is 10.5. The molecule has 0 rings (SSSR count). The highest BCUT2D eigenvalue weighted by atomic mass is 16.5. The van der Waals surface area contributed by atoms with E-state index in [1.54, 1.807) is 0 Å². The lowest BCUT2D eigenvalue weighted by molar-refractivity contribution is 0.0500. The first kappa shape index (κ1) is 16.1. The maximum atomic E-state index is 10.1. The van der Waals surface area contributed by atoms with Gasteiger partial charge in [-0.1, -0.05) is 13.3 Å². The van der Waals surface area contributed by atoms with Crippen LogP contribution in [0.1, 0.15) is 19.8 Å². The van der Waals surface area contributed by atoms with Gasteiger partial charge in [0.2, 0.25) is 0 Å². The van der Waals surface area contributed by atoms with Crippen molar-refractivity contribution in [3.8, 4) is 0 Å². The molecule has 3 N–H and O–H groups in total. The number of amides is 1. The van der Waals surface area contributed by atoms with E-state index in [1.165, 1.54) is 12.8 Å². The van der Waals surface area contributed by atoms with Crippen LogP contribution < -0.4 is 10.6 Å². The second-order valence-electron chi connectivity index (χ2n) is 3.56. The third-order valence-electron chi connectivity index (χ3n) is 2.02. The fourth-order valence-corrected chi connectivity index (χ4v) is 1.12. The molecule has 0 unspecified atom stereocenters. The predicted molar refractivity (Wildman–Crippen MR) is 65.4 cm³/mol. The van der Waals surface area contributed by atoms with Crippen LogP contribution in [0.3, 0.4) is 0 Å². The largest absolute Gasteiger partial charge is 0.465 e. The molecule has 6 heteroatoms. The average Bonchev–Trinajstić information content (AvgIpc) is 2.30. The van der Waals surface area contributed by atoms with Crippen molar-refractivity contribution in [1.82, 2.24) is 10.6 Å². The summed E-state index contributed by atoms with van der Waals surface area (Å²) in [6.07, 6.45) is 1.37. The van der Waals surface area contributed by atoms with Crippen molar-refractivity contribution >= 4 is 6.09 Å². The molecule has 0 saturated carbocycles. The van der Waals surface area contributed by atoms with Crippen LogP contribution in [0.15, 0.2) is 0 Å². The van der Waals surface area contributed by atoms with E-state index in [9.17, 15) is 4.79 Å². The number of nitrogens with one attached hydrogen (secondary N) is 2. The normalized spacial score (nSPS) is 10.4. The van der Waals surface area contributed by atoms with Crippen LogP contribution in [0.5, 0.6) is 0 Å². The molecule has 0 bridgehead atoms. The first-order valence-electron chi connectivity index (χ1n) is 6.10. The Morgan fingerprint density at radius 1 is 1.06 bits per heavy atom. The Morgan fingerprint density at radius 3 is 2.29 bits per heavy atom. The first-order valence-corrected chi connectivity index (χ1v) is 6.10. The van der Waals surface area contributed by atoms with Crippen LogP contribution in [0.2, 0.25) is 0 Å². The van der Waals surface area contributed by atoms with E-state index in [1.807, 2.05) is 0 Å². The van der Waals surface area contributed by atoms with E-state index in [-0.39, 0.29) is 0 Å². The van der Waals surface area contributed by atoms with Crippen LogP contribution in [0.25, 0.3) is 0 Å². The Morgan fingerprint density at radius 2 is 1.71 bits per heavy atom. The number of rotatable bonds is 12. The second kappa shape index (κ2) is 13.2. The van der Waals surface area contributed by atoms with Crippen LogP contribution in [0.4, 0.5) is 4.79 Å². The average molecular weight is 248 g/mol. The van der Waals surface area contributed by atoms with E-state index >= 15 is 0 Å². The highest BCUT2D eigenvalue weighted by Crippen LogP contribution is 1.82. The van der Waals surface area contributed by atoms with E-state index in [4.69, 9.17) is 14.6 Å². The van der Waals surface area contributed by atoms with Crippen LogP contribution >= 0.6 is 0 Å². The lowest BCUT2D eigenvalue weighted by atomic mass is 10.3. The molecule has 0 aliphatic carbocycles. The van der Waals surface area contributed by atoms with Crippen molar-refractivity contribution in [2.75, 3.05) is 46.1 Å². The Balaban J connectivity index is 2.91. The summed E-state index contributed by atoms with van der Waals surface area (Å²) in [5.41, 5.74) is 0. The van der Waals surface area contributed by atoms with Gasteiger partial charge in [0.15, 0.2) is 0 Å². The van der Waals surface area contributed by atoms with Gasteiger partial charge < -0.3 is 25.2 Å². The highest BCUT2D eigenvalue weighted by Gasteiger charge is 1.93. The van der Waals surface area contributed by atoms with E-state index < -0.39 is 6.09 Å². The van der Waals surface area contributed by atoms with Gasteiger partial charge in [0.25, 0.3) is 0 Å². The molecule has 0 fully saturated rings. The van der Waals surface area contributed by atoms with Crippen LogP contribution in [-0.2, 0) is 9.47 Å². The molecule has 0 aliphatic rings. The summed E-state index contributed by atoms with van der Waals surface area (Å²) in [5, 5.41) is 13.8. The van der Waals surface area contributed by atoms with Crippen molar-refractivity contribution in [2.45, 2.75) is 19.8 Å². The minimum Gasteiger partial charge on any atom is -0.465 e. The molecular weight excluding hydrogens is 224 g/mol. The molecule has 6 nitrogen and oxygen atoms in total. The van der Waals surface area contributed by atoms with Gasteiger partial charge in [-0.3, -0.25) is 0 Å². The molecule has 1 amide bonds. The summed E-state index contributed by atoms with van der Waals surface area (Å²) in [4.78, 5) is 10.1. The summed E-state index contributed by atoms with van der Waals surface area (Å²) >= 11 is 0. The minimum atomic E-state index is -1.02. The smallest absolute Gasteiger partial charge is 0.404 e. The number of hydrogen-bond donors (Lipinski definition) is 3. The quantitative estimate of drug-likeness (QED) is 0.442. The molecular formula is C11H24N2O4. The highest BCUT2D eigenvalue weighted by molar-refractivity contribution is 5.64. The molecule has 0 spiro atoms. The third-order valence-corrected chi connectivity index (χ3v) is 2.02. The molecule has 0 aromatic heterocycles. The molecule has 0 atom stereocenters. The van der Waals surface area contributed by atoms with Gasteiger partial charge in [0, 0.05) is 13.1 Å². The SMILES string of the molecule is CCCCNCCOCCOCCNC(=O)O. The van der Waals surface area contributed by atoms with E-state index in [0.29, 0.717) is 33.0 Å². The Bertz CT molecular complexity index is 179. The number of carbonyl (C=O) groups is 1. The Hall–Kier alpha value is -0.850.